The third-order valence-corrected chi connectivity index (χ3v) is 3.09. The quantitative estimate of drug-likeness (QED) is 0.677. The molecule has 0 saturated carbocycles. The SMILES string of the molecule is CCC(N)C(=O)NCCc1nc(C(=O)O)cs1. The first-order chi connectivity index (χ1) is 8.04. The van der Waals surface area contributed by atoms with Crippen molar-refractivity contribution in [3.63, 3.8) is 0 Å². The molecular formula is C10H15N3O3S. The van der Waals surface area contributed by atoms with E-state index in [0.29, 0.717) is 24.4 Å². The number of nitrogens with one attached hydrogen (secondary N) is 1. The first-order valence-corrected chi connectivity index (χ1v) is 6.13. The topological polar surface area (TPSA) is 105 Å². The summed E-state index contributed by atoms with van der Waals surface area (Å²) in [5.41, 5.74) is 5.58. The number of aromatic nitrogens is 1. The Morgan fingerprint density at radius 2 is 2.35 bits per heavy atom. The molecule has 1 heterocycles. The highest BCUT2D eigenvalue weighted by Crippen LogP contribution is 2.09. The van der Waals surface area contributed by atoms with Crippen LogP contribution in [0.1, 0.15) is 28.8 Å². The Labute approximate surface area is 103 Å². The number of rotatable bonds is 6. The predicted octanol–water partition coefficient (Wildman–Crippen LogP) is 0.237. The van der Waals surface area contributed by atoms with Gasteiger partial charge in [-0.25, -0.2) is 9.78 Å². The first-order valence-electron chi connectivity index (χ1n) is 5.25. The van der Waals surface area contributed by atoms with E-state index in [4.69, 9.17) is 10.8 Å². The third kappa shape index (κ3) is 4.12. The van der Waals surface area contributed by atoms with E-state index in [2.05, 4.69) is 10.3 Å². The van der Waals surface area contributed by atoms with Crippen molar-refractivity contribution in [2.75, 3.05) is 6.54 Å². The smallest absolute Gasteiger partial charge is 0.355 e. The van der Waals surface area contributed by atoms with E-state index < -0.39 is 12.0 Å². The summed E-state index contributed by atoms with van der Waals surface area (Å²) in [4.78, 5) is 25.8. The molecule has 4 N–H and O–H groups in total. The van der Waals surface area contributed by atoms with Gasteiger partial charge >= 0.3 is 5.97 Å². The second-order valence-electron chi connectivity index (χ2n) is 3.49. The number of amides is 1. The molecule has 0 aliphatic carbocycles. The molecule has 0 aromatic carbocycles. The number of carbonyl (C=O) groups excluding carboxylic acids is 1. The maximum absolute atomic E-state index is 11.3. The van der Waals surface area contributed by atoms with Gasteiger partial charge in [0.15, 0.2) is 5.69 Å². The summed E-state index contributed by atoms with van der Waals surface area (Å²) < 4.78 is 0. The fourth-order valence-corrected chi connectivity index (χ4v) is 1.91. The molecule has 6 nitrogen and oxygen atoms in total. The Bertz CT molecular complexity index is 405. The molecule has 0 radical (unpaired) electrons. The van der Waals surface area contributed by atoms with Crippen LogP contribution in [0.25, 0.3) is 0 Å². The van der Waals surface area contributed by atoms with Crippen molar-refractivity contribution in [2.45, 2.75) is 25.8 Å². The molecule has 1 rings (SSSR count). The van der Waals surface area contributed by atoms with Crippen LogP contribution in [0.3, 0.4) is 0 Å². The van der Waals surface area contributed by atoms with Gasteiger partial charge < -0.3 is 16.2 Å². The summed E-state index contributed by atoms with van der Waals surface area (Å²) in [7, 11) is 0. The average Bonchev–Trinajstić information content (AvgIpc) is 2.76. The lowest BCUT2D eigenvalue weighted by atomic mass is 10.2. The molecule has 0 bridgehead atoms. The van der Waals surface area contributed by atoms with Crippen LogP contribution in [0, 0.1) is 0 Å². The lowest BCUT2D eigenvalue weighted by Gasteiger charge is -2.08. The summed E-state index contributed by atoms with van der Waals surface area (Å²) in [6, 6.07) is -0.485. The minimum atomic E-state index is -1.04. The number of nitrogens with two attached hydrogens (primary N) is 1. The van der Waals surface area contributed by atoms with E-state index in [0.717, 1.165) is 0 Å². The first kappa shape index (κ1) is 13.6. The Hall–Kier alpha value is -1.47. The standard InChI is InChI=1S/C10H15N3O3S/c1-2-6(11)9(14)12-4-3-8-13-7(5-17-8)10(15)16/h5-6H,2-4,11H2,1H3,(H,12,14)(H,15,16). The molecule has 1 aromatic heterocycles. The van der Waals surface area contributed by atoms with E-state index in [1.165, 1.54) is 16.7 Å². The molecule has 0 fully saturated rings. The zero-order valence-corrected chi connectivity index (χ0v) is 10.3. The monoisotopic (exact) mass is 257 g/mol. The van der Waals surface area contributed by atoms with Crippen LogP contribution in [-0.2, 0) is 11.2 Å². The highest BCUT2D eigenvalue weighted by atomic mass is 32.1. The van der Waals surface area contributed by atoms with Crippen LogP contribution in [0.2, 0.25) is 0 Å². The average molecular weight is 257 g/mol. The number of carboxylic acids is 1. The van der Waals surface area contributed by atoms with Gasteiger partial charge in [-0.1, -0.05) is 6.92 Å². The minimum absolute atomic E-state index is 0.0431. The fraction of sp³-hybridized carbons (Fsp3) is 0.500. The van der Waals surface area contributed by atoms with Gasteiger partial charge in [-0.05, 0) is 6.42 Å². The highest BCUT2D eigenvalue weighted by Gasteiger charge is 2.11. The molecule has 1 unspecified atom stereocenters. The lowest BCUT2D eigenvalue weighted by Crippen LogP contribution is -2.40. The Morgan fingerprint density at radius 1 is 1.65 bits per heavy atom. The number of hydrogen-bond donors (Lipinski definition) is 3. The number of aromatic carboxylic acids is 1. The molecule has 0 aliphatic heterocycles. The summed E-state index contributed by atoms with van der Waals surface area (Å²) in [5, 5.41) is 13.5. The summed E-state index contributed by atoms with van der Waals surface area (Å²) in [5.74, 6) is -1.23. The summed E-state index contributed by atoms with van der Waals surface area (Å²) in [6.07, 6.45) is 1.10. The lowest BCUT2D eigenvalue weighted by molar-refractivity contribution is -0.122. The van der Waals surface area contributed by atoms with Crippen molar-refractivity contribution >= 4 is 23.2 Å². The van der Waals surface area contributed by atoms with Crippen LogP contribution in [-0.4, -0.2) is 34.6 Å². The Morgan fingerprint density at radius 3 is 2.88 bits per heavy atom. The van der Waals surface area contributed by atoms with Gasteiger partial charge in [0, 0.05) is 18.3 Å². The fourth-order valence-electron chi connectivity index (χ4n) is 1.13. The van der Waals surface area contributed by atoms with Gasteiger partial charge in [-0.2, -0.15) is 0 Å². The normalized spacial score (nSPS) is 12.1. The summed E-state index contributed by atoms with van der Waals surface area (Å²) >= 11 is 1.27. The van der Waals surface area contributed by atoms with E-state index in [-0.39, 0.29) is 11.6 Å². The summed E-state index contributed by atoms with van der Waals surface area (Å²) in [6.45, 7) is 2.25. The van der Waals surface area contributed by atoms with Crippen molar-refractivity contribution in [2.24, 2.45) is 5.73 Å². The van der Waals surface area contributed by atoms with E-state index in [1.807, 2.05) is 6.92 Å². The zero-order valence-electron chi connectivity index (χ0n) is 9.47. The van der Waals surface area contributed by atoms with Crippen LogP contribution < -0.4 is 11.1 Å². The number of carboxylic acid groups (broad SMARTS) is 1. The van der Waals surface area contributed by atoms with E-state index in [1.54, 1.807) is 0 Å². The van der Waals surface area contributed by atoms with Crippen molar-refractivity contribution in [1.29, 1.82) is 0 Å². The highest BCUT2D eigenvalue weighted by molar-refractivity contribution is 7.09. The maximum Gasteiger partial charge on any atom is 0.355 e. The van der Waals surface area contributed by atoms with Gasteiger partial charge in [0.05, 0.1) is 11.0 Å². The minimum Gasteiger partial charge on any atom is -0.476 e. The van der Waals surface area contributed by atoms with E-state index >= 15 is 0 Å². The van der Waals surface area contributed by atoms with Crippen molar-refractivity contribution in [3.05, 3.63) is 16.1 Å². The third-order valence-electron chi connectivity index (χ3n) is 2.19. The molecule has 0 aliphatic rings. The van der Waals surface area contributed by atoms with E-state index in [9.17, 15) is 9.59 Å². The van der Waals surface area contributed by atoms with Crippen LogP contribution in [0.4, 0.5) is 0 Å². The largest absolute Gasteiger partial charge is 0.476 e. The number of hydrogen-bond acceptors (Lipinski definition) is 5. The van der Waals surface area contributed by atoms with Crippen molar-refractivity contribution < 1.29 is 14.7 Å². The van der Waals surface area contributed by atoms with Crippen molar-refractivity contribution in [1.82, 2.24) is 10.3 Å². The van der Waals surface area contributed by atoms with Crippen molar-refractivity contribution in [3.8, 4) is 0 Å². The second-order valence-corrected chi connectivity index (χ2v) is 4.43. The molecule has 0 saturated heterocycles. The molecular weight excluding hydrogens is 242 g/mol. The molecule has 1 atom stereocenters. The van der Waals surface area contributed by atoms with Gasteiger partial charge in [0.25, 0.3) is 0 Å². The Balaban J connectivity index is 2.35. The van der Waals surface area contributed by atoms with Crippen LogP contribution in [0.5, 0.6) is 0 Å². The van der Waals surface area contributed by atoms with Gasteiger partial charge in [0.1, 0.15) is 0 Å². The van der Waals surface area contributed by atoms with Gasteiger partial charge in [-0.15, -0.1) is 11.3 Å². The molecule has 7 heteroatoms. The molecule has 17 heavy (non-hydrogen) atoms. The number of nitrogens with zero attached hydrogens (tertiary/aromatic N) is 1. The van der Waals surface area contributed by atoms with Crippen LogP contribution in [0.15, 0.2) is 5.38 Å². The molecule has 1 aromatic rings. The zero-order chi connectivity index (χ0) is 12.8. The molecule has 1 amide bonds. The number of carbonyl (C=O) groups is 2. The van der Waals surface area contributed by atoms with Gasteiger partial charge in [-0.3, -0.25) is 4.79 Å². The predicted molar refractivity (Wildman–Crippen MR) is 64.1 cm³/mol. The second kappa shape index (κ2) is 6.31. The van der Waals surface area contributed by atoms with Gasteiger partial charge in [0.2, 0.25) is 5.91 Å². The molecule has 94 valence electrons. The maximum atomic E-state index is 11.3. The molecule has 0 spiro atoms. The van der Waals surface area contributed by atoms with Crippen LogP contribution >= 0.6 is 11.3 Å². The Kier molecular flexibility index (Phi) is 5.05. The number of thiazole rings is 1.